The summed E-state index contributed by atoms with van der Waals surface area (Å²) in [6.07, 6.45) is 0. The molecule has 0 aliphatic heterocycles. The third kappa shape index (κ3) is 2.74. The van der Waals surface area contributed by atoms with Crippen molar-refractivity contribution >= 4 is 27.4 Å². The Bertz CT molecular complexity index is 657. The highest BCUT2D eigenvalue weighted by Gasteiger charge is 2.12. The number of anilines is 2. The van der Waals surface area contributed by atoms with Crippen LogP contribution in [-0.2, 0) is 0 Å². The molecule has 0 radical (unpaired) electrons. The minimum absolute atomic E-state index is 0.275. The molecule has 0 amide bonds. The largest absolute Gasteiger partial charge is 0.336 e. The zero-order valence-electron chi connectivity index (χ0n) is 10.5. The molecule has 3 nitrogen and oxygen atoms in total. The lowest BCUT2D eigenvalue weighted by atomic mass is 10.1. The minimum atomic E-state index is -0.403. The third-order valence-corrected chi connectivity index (χ3v) is 3.32. The van der Waals surface area contributed by atoms with Crippen LogP contribution < -0.4 is 5.32 Å². The number of pyridine rings is 1. The number of nitrogens with one attached hydrogen (secondary N) is 1. The molecule has 0 saturated heterocycles. The van der Waals surface area contributed by atoms with Crippen LogP contribution in [0.1, 0.15) is 16.8 Å². The van der Waals surface area contributed by atoms with Crippen molar-refractivity contribution in [2.24, 2.45) is 0 Å². The Morgan fingerprint density at radius 3 is 2.74 bits per heavy atom. The smallest absolute Gasteiger partial charge is 0.148 e. The molecule has 0 saturated carbocycles. The number of aromatic nitrogens is 1. The number of rotatable bonds is 2. The van der Waals surface area contributed by atoms with Gasteiger partial charge in [0.2, 0.25) is 0 Å². The number of benzene rings is 1. The second-order valence-electron chi connectivity index (χ2n) is 4.14. The average molecular weight is 320 g/mol. The predicted molar refractivity (Wildman–Crippen MR) is 75.8 cm³/mol. The molecule has 1 N–H and O–H groups in total. The summed E-state index contributed by atoms with van der Waals surface area (Å²) in [6, 6.07) is 8.58. The van der Waals surface area contributed by atoms with Crippen molar-refractivity contribution in [3.63, 3.8) is 0 Å². The fourth-order valence-electron chi connectivity index (χ4n) is 1.80. The molecule has 0 atom stereocenters. The molecule has 0 fully saturated rings. The summed E-state index contributed by atoms with van der Waals surface area (Å²) in [5.74, 6) is -0.0370. The summed E-state index contributed by atoms with van der Waals surface area (Å²) in [7, 11) is 0. The zero-order valence-corrected chi connectivity index (χ0v) is 12.0. The minimum Gasteiger partial charge on any atom is -0.336 e. The van der Waals surface area contributed by atoms with Gasteiger partial charge in [0.05, 0.1) is 11.3 Å². The van der Waals surface area contributed by atoms with E-state index in [1.165, 1.54) is 6.07 Å². The predicted octanol–water partition coefficient (Wildman–Crippen LogP) is 4.22. The van der Waals surface area contributed by atoms with Gasteiger partial charge in [0.1, 0.15) is 17.7 Å². The number of halogens is 2. The van der Waals surface area contributed by atoms with Gasteiger partial charge in [0, 0.05) is 10.2 Å². The second-order valence-corrected chi connectivity index (χ2v) is 4.99. The van der Waals surface area contributed by atoms with Crippen LogP contribution in [-0.4, -0.2) is 4.98 Å². The first kappa shape index (κ1) is 13.5. The van der Waals surface area contributed by atoms with E-state index < -0.39 is 5.82 Å². The van der Waals surface area contributed by atoms with Gasteiger partial charge in [-0.05, 0) is 53.5 Å². The summed E-state index contributed by atoms with van der Waals surface area (Å²) in [4.78, 5) is 4.26. The van der Waals surface area contributed by atoms with Crippen molar-refractivity contribution in [2.45, 2.75) is 13.8 Å². The summed E-state index contributed by atoms with van der Waals surface area (Å²) in [5, 5.41) is 12.1. The molecule has 0 spiro atoms. The van der Waals surface area contributed by atoms with Gasteiger partial charge in [-0.2, -0.15) is 5.26 Å². The van der Waals surface area contributed by atoms with Crippen LogP contribution >= 0.6 is 15.9 Å². The Balaban J connectivity index is 2.53. The maximum atomic E-state index is 13.8. The molecule has 2 aromatic rings. The molecule has 96 valence electrons. The van der Waals surface area contributed by atoms with E-state index in [0.717, 1.165) is 11.3 Å². The lowest BCUT2D eigenvalue weighted by Crippen LogP contribution is -2.02. The van der Waals surface area contributed by atoms with Crippen molar-refractivity contribution < 1.29 is 4.39 Å². The zero-order chi connectivity index (χ0) is 14.0. The van der Waals surface area contributed by atoms with Gasteiger partial charge >= 0.3 is 0 Å². The number of nitrogens with zero attached hydrogens (tertiary/aromatic N) is 2. The average Bonchev–Trinajstić information content (AvgIpc) is 2.33. The van der Waals surface area contributed by atoms with Crippen molar-refractivity contribution in [1.82, 2.24) is 4.98 Å². The standard InChI is InChI=1S/C14H11BrFN3/c1-8-6-9(2)18-14(10(8)7-17)19-13-11(15)4-3-5-12(13)16/h3-6H,1-2H3,(H,18,19). The number of hydrogen-bond donors (Lipinski definition) is 1. The fraction of sp³-hybridized carbons (Fsp3) is 0.143. The molecule has 0 aliphatic carbocycles. The van der Waals surface area contributed by atoms with Gasteiger partial charge in [-0.25, -0.2) is 9.37 Å². The lowest BCUT2D eigenvalue weighted by Gasteiger charge is -2.12. The first-order valence-electron chi connectivity index (χ1n) is 5.62. The SMILES string of the molecule is Cc1cc(C)c(C#N)c(Nc2c(F)cccc2Br)n1. The van der Waals surface area contributed by atoms with E-state index in [2.05, 4.69) is 32.3 Å². The van der Waals surface area contributed by atoms with Gasteiger partial charge in [0.15, 0.2) is 0 Å². The van der Waals surface area contributed by atoms with E-state index in [1.54, 1.807) is 12.1 Å². The highest BCUT2D eigenvalue weighted by atomic mass is 79.9. The number of para-hydroxylation sites is 1. The van der Waals surface area contributed by atoms with Gasteiger partial charge in [-0.3, -0.25) is 0 Å². The summed E-state index contributed by atoms with van der Waals surface area (Å²) < 4.78 is 14.4. The van der Waals surface area contributed by atoms with E-state index in [4.69, 9.17) is 0 Å². The number of aryl methyl sites for hydroxylation is 2. The van der Waals surface area contributed by atoms with Gasteiger partial charge in [-0.1, -0.05) is 6.07 Å². The van der Waals surface area contributed by atoms with Crippen LogP contribution in [0.2, 0.25) is 0 Å². The fourth-order valence-corrected chi connectivity index (χ4v) is 2.25. The maximum absolute atomic E-state index is 13.8. The summed E-state index contributed by atoms with van der Waals surface area (Å²) in [5.41, 5.74) is 2.27. The topological polar surface area (TPSA) is 48.7 Å². The van der Waals surface area contributed by atoms with Crippen molar-refractivity contribution in [3.05, 3.63) is 51.4 Å². The lowest BCUT2D eigenvalue weighted by molar-refractivity contribution is 0.631. The first-order chi connectivity index (χ1) is 9.02. The van der Waals surface area contributed by atoms with E-state index in [1.807, 2.05) is 19.9 Å². The Hall–Kier alpha value is -1.93. The Labute approximate surface area is 119 Å². The molecular weight excluding hydrogens is 309 g/mol. The van der Waals surface area contributed by atoms with Crippen molar-refractivity contribution in [2.75, 3.05) is 5.32 Å². The first-order valence-corrected chi connectivity index (χ1v) is 6.41. The molecule has 0 aliphatic rings. The van der Waals surface area contributed by atoms with Crippen LogP contribution in [0.25, 0.3) is 0 Å². The molecule has 0 bridgehead atoms. The van der Waals surface area contributed by atoms with Crippen molar-refractivity contribution in [3.8, 4) is 6.07 Å². The Kier molecular flexibility index (Phi) is 3.82. The van der Waals surface area contributed by atoms with Gasteiger partial charge < -0.3 is 5.32 Å². The monoisotopic (exact) mass is 319 g/mol. The quantitative estimate of drug-likeness (QED) is 0.901. The van der Waals surface area contributed by atoms with Crippen molar-refractivity contribution in [1.29, 1.82) is 5.26 Å². The van der Waals surface area contributed by atoms with E-state index in [-0.39, 0.29) is 5.69 Å². The van der Waals surface area contributed by atoms with Crippen LogP contribution in [0.3, 0.4) is 0 Å². The maximum Gasteiger partial charge on any atom is 0.148 e. The van der Waals surface area contributed by atoms with E-state index >= 15 is 0 Å². The van der Waals surface area contributed by atoms with Gasteiger partial charge in [0.25, 0.3) is 0 Å². The molecule has 2 rings (SSSR count). The molecule has 1 heterocycles. The molecule has 0 unspecified atom stereocenters. The highest BCUT2D eigenvalue weighted by Crippen LogP contribution is 2.29. The molecule has 19 heavy (non-hydrogen) atoms. The summed E-state index contributed by atoms with van der Waals surface area (Å²) in [6.45, 7) is 3.66. The van der Waals surface area contributed by atoms with Crippen LogP contribution in [0, 0.1) is 31.0 Å². The van der Waals surface area contributed by atoms with Gasteiger partial charge in [-0.15, -0.1) is 0 Å². The van der Waals surface area contributed by atoms with Crippen LogP contribution in [0.4, 0.5) is 15.9 Å². The molecule has 1 aromatic carbocycles. The normalized spacial score (nSPS) is 10.1. The Morgan fingerprint density at radius 1 is 1.37 bits per heavy atom. The molecule has 1 aromatic heterocycles. The highest BCUT2D eigenvalue weighted by molar-refractivity contribution is 9.10. The Morgan fingerprint density at radius 2 is 2.11 bits per heavy atom. The number of nitriles is 1. The van der Waals surface area contributed by atoms with E-state index in [9.17, 15) is 9.65 Å². The van der Waals surface area contributed by atoms with Crippen LogP contribution in [0.5, 0.6) is 0 Å². The van der Waals surface area contributed by atoms with Crippen LogP contribution in [0.15, 0.2) is 28.7 Å². The second kappa shape index (κ2) is 5.37. The molecular formula is C14H11BrFN3. The summed E-state index contributed by atoms with van der Waals surface area (Å²) >= 11 is 3.27. The third-order valence-electron chi connectivity index (χ3n) is 2.66. The number of hydrogen-bond acceptors (Lipinski definition) is 3. The van der Waals surface area contributed by atoms with E-state index in [0.29, 0.717) is 15.9 Å². The molecule has 5 heteroatoms.